The standard InChI is InChI=1S/C11H20O3/c1-10(2)6-5-8(13-10)9-7-12-11(3,4)14-9/h8-9H,5-7H2,1-4H3/t8?,9-/m1/s1. The van der Waals surface area contributed by atoms with Gasteiger partial charge in [0.15, 0.2) is 5.79 Å². The van der Waals surface area contributed by atoms with Crippen LogP contribution in [-0.4, -0.2) is 30.2 Å². The lowest BCUT2D eigenvalue weighted by molar-refractivity contribution is -0.159. The van der Waals surface area contributed by atoms with Crippen LogP contribution in [0, 0.1) is 0 Å². The second-order valence-corrected chi connectivity index (χ2v) is 5.32. The Bertz CT molecular complexity index is 199. The molecule has 3 heteroatoms. The van der Waals surface area contributed by atoms with Crippen molar-refractivity contribution < 1.29 is 14.2 Å². The molecule has 3 nitrogen and oxygen atoms in total. The maximum Gasteiger partial charge on any atom is 0.163 e. The molecule has 2 rings (SSSR count). The average Bonchev–Trinajstić information content (AvgIpc) is 2.54. The van der Waals surface area contributed by atoms with Crippen molar-refractivity contribution in [3.63, 3.8) is 0 Å². The van der Waals surface area contributed by atoms with E-state index in [-0.39, 0.29) is 17.8 Å². The van der Waals surface area contributed by atoms with Gasteiger partial charge in [-0.25, -0.2) is 0 Å². The molecule has 0 amide bonds. The molecule has 0 aromatic heterocycles. The van der Waals surface area contributed by atoms with E-state index in [0.717, 1.165) is 12.8 Å². The van der Waals surface area contributed by atoms with Crippen LogP contribution in [0.2, 0.25) is 0 Å². The molecule has 2 aliphatic rings. The zero-order chi connectivity index (χ0) is 10.4. The zero-order valence-electron chi connectivity index (χ0n) is 9.50. The normalized spacial score (nSPS) is 40.3. The van der Waals surface area contributed by atoms with E-state index in [9.17, 15) is 0 Å². The predicted molar refractivity (Wildman–Crippen MR) is 53.1 cm³/mol. The third-order valence-corrected chi connectivity index (χ3v) is 2.95. The molecular weight excluding hydrogens is 180 g/mol. The van der Waals surface area contributed by atoms with E-state index >= 15 is 0 Å². The van der Waals surface area contributed by atoms with E-state index in [1.165, 1.54) is 0 Å². The Morgan fingerprint density at radius 1 is 1.00 bits per heavy atom. The Hall–Kier alpha value is -0.120. The van der Waals surface area contributed by atoms with Gasteiger partial charge >= 0.3 is 0 Å². The van der Waals surface area contributed by atoms with E-state index in [2.05, 4.69) is 13.8 Å². The summed E-state index contributed by atoms with van der Waals surface area (Å²) < 4.78 is 17.2. The summed E-state index contributed by atoms with van der Waals surface area (Å²) in [5.74, 6) is -0.430. The highest BCUT2D eigenvalue weighted by molar-refractivity contribution is 4.88. The molecule has 0 N–H and O–H groups in total. The minimum atomic E-state index is -0.430. The van der Waals surface area contributed by atoms with Crippen molar-refractivity contribution in [2.45, 2.75) is 64.1 Å². The van der Waals surface area contributed by atoms with Crippen molar-refractivity contribution in [3.05, 3.63) is 0 Å². The first kappa shape index (κ1) is 10.4. The Balaban J connectivity index is 1.93. The van der Waals surface area contributed by atoms with Gasteiger partial charge in [-0.2, -0.15) is 0 Å². The topological polar surface area (TPSA) is 27.7 Å². The van der Waals surface area contributed by atoms with Gasteiger partial charge in [0.25, 0.3) is 0 Å². The molecule has 2 fully saturated rings. The van der Waals surface area contributed by atoms with E-state index in [0.29, 0.717) is 6.61 Å². The van der Waals surface area contributed by atoms with Crippen LogP contribution in [0.4, 0.5) is 0 Å². The van der Waals surface area contributed by atoms with Crippen LogP contribution in [0.15, 0.2) is 0 Å². The second kappa shape index (κ2) is 3.19. The van der Waals surface area contributed by atoms with Gasteiger partial charge < -0.3 is 14.2 Å². The molecule has 0 saturated carbocycles. The Kier molecular flexibility index (Phi) is 2.37. The molecule has 14 heavy (non-hydrogen) atoms. The number of hydrogen-bond donors (Lipinski definition) is 0. The fourth-order valence-electron chi connectivity index (χ4n) is 2.18. The van der Waals surface area contributed by atoms with Crippen molar-refractivity contribution in [1.82, 2.24) is 0 Å². The fourth-order valence-corrected chi connectivity index (χ4v) is 2.18. The molecule has 0 aromatic rings. The molecule has 0 aliphatic carbocycles. The van der Waals surface area contributed by atoms with Gasteiger partial charge in [0.1, 0.15) is 6.10 Å². The summed E-state index contributed by atoms with van der Waals surface area (Å²) in [4.78, 5) is 0. The van der Waals surface area contributed by atoms with Crippen LogP contribution in [0.5, 0.6) is 0 Å². The maximum atomic E-state index is 5.92. The van der Waals surface area contributed by atoms with Crippen molar-refractivity contribution in [3.8, 4) is 0 Å². The number of rotatable bonds is 1. The molecule has 2 saturated heterocycles. The number of ether oxygens (including phenoxy) is 3. The van der Waals surface area contributed by atoms with Gasteiger partial charge in [0.2, 0.25) is 0 Å². The molecule has 2 heterocycles. The van der Waals surface area contributed by atoms with Crippen LogP contribution < -0.4 is 0 Å². The summed E-state index contributed by atoms with van der Waals surface area (Å²) in [6.07, 6.45) is 2.52. The first-order chi connectivity index (χ1) is 6.38. The molecule has 0 aromatic carbocycles. The van der Waals surface area contributed by atoms with Crippen molar-refractivity contribution in [2.75, 3.05) is 6.61 Å². The Morgan fingerprint density at radius 2 is 1.71 bits per heavy atom. The van der Waals surface area contributed by atoms with Crippen LogP contribution in [-0.2, 0) is 14.2 Å². The lowest BCUT2D eigenvalue weighted by Gasteiger charge is -2.23. The number of hydrogen-bond acceptors (Lipinski definition) is 3. The summed E-state index contributed by atoms with van der Waals surface area (Å²) in [5.41, 5.74) is 0.0146. The van der Waals surface area contributed by atoms with Crippen LogP contribution in [0.3, 0.4) is 0 Å². The summed E-state index contributed by atoms with van der Waals surface area (Å²) in [6.45, 7) is 8.83. The minimum absolute atomic E-state index is 0.0146. The predicted octanol–water partition coefficient (Wildman–Crippen LogP) is 2.10. The van der Waals surface area contributed by atoms with Crippen molar-refractivity contribution in [1.29, 1.82) is 0 Å². The summed E-state index contributed by atoms with van der Waals surface area (Å²) in [7, 11) is 0. The maximum absolute atomic E-state index is 5.92. The van der Waals surface area contributed by atoms with E-state index < -0.39 is 5.79 Å². The Morgan fingerprint density at radius 3 is 2.14 bits per heavy atom. The molecule has 2 atom stereocenters. The average molecular weight is 200 g/mol. The minimum Gasteiger partial charge on any atom is -0.370 e. The van der Waals surface area contributed by atoms with Crippen molar-refractivity contribution in [2.24, 2.45) is 0 Å². The molecular formula is C11H20O3. The SMILES string of the molecule is CC1(C)CCC([C@H]2COC(C)(C)O2)O1. The smallest absolute Gasteiger partial charge is 0.163 e. The highest BCUT2D eigenvalue weighted by Gasteiger charge is 2.43. The van der Waals surface area contributed by atoms with Gasteiger partial charge in [-0.15, -0.1) is 0 Å². The van der Waals surface area contributed by atoms with Gasteiger partial charge in [0, 0.05) is 0 Å². The molecule has 0 spiro atoms. The summed E-state index contributed by atoms with van der Waals surface area (Å²) in [5, 5.41) is 0. The molecule has 2 aliphatic heterocycles. The first-order valence-corrected chi connectivity index (χ1v) is 5.38. The third-order valence-electron chi connectivity index (χ3n) is 2.95. The fraction of sp³-hybridized carbons (Fsp3) is 1.00. The van der Waals surface area contributed by atoms with Gasteiger partial charge in [0.05, 0.1) is 18.3 Å². The molecule has 0 radical (unpaired) electrons. The highest BCUT2D eigenvalue weighted by atomic mass is 16.7. The molecule has 0 bridgehead atoms. The van der Waals surface area contributed by atoms with Gasteiger partial charge in [-0.3, -0.25) is 0 Å². The third kappa shape index (κ3) is 2.10. The van der Waals surface area contributed by atoms with Gasteiger partial charge in [-0.05, 0) is 40.5 Å². The summed E-state index contributed by atoms with van der Waals surface area (Å²) >= 11 is 0. The first-order valence-electron chi connectivity index (χ1n) is 5.38. The quantitative estimate of drug-likeness (QED) is 0.648. The monoisotopic (exact) mass is 200 g/mol. The van der Waals surface area contributed by atoms with E-state index in [1.807, 2.05) is 13.8 Å². The van der Waals surface area contributed by atoms with E-state index in [4.69, 9.17) is 14.2 Å². The Labute approximate surface area is 85.7 Å². The van der Waals surface area contributed by atoms with Crippen LogP contribution in [0.25, 0.3) is 0 Å². The van der Waals surface area contributed by atoms with E-state index in [1.54, 1.807) is 0 Å². The van der Waals surface area contributed by atoms with Gasteiger partial charge in [-0.1, -0.05) is 0 Å². The van der Waals surface area contributed by atoms with Crippen LogP contribution >= 0.6 is 0 Å². The van der Waals surface area contributed by atoms with Crippen molar-refractivity contribution >= 4 is 0 Å². The van der Waals surface area contributed by atoms with Crippen LogP contribution in [0.1, 0.15) is 40.5 Å². The lowest BCUT2D eigenvalue weighted by atomic mass is 10.0. The molecule has 1 unspecified atom stereocenters. The zero-order valence-corrected chi connectivity index (χ0v) is 9.50. The largest absolute Gasteiger partial charge is 0.370 e. The lowest BCUT2D eigenvalue weighted by Crippen LogP contribution is -2.32. The summed E-state index contributed by atoms with van der Waals surface area (Å²) in [6, 6.07) is 0. The second-order valence-electron chi connectivity index (χ2n) is 5.32. The molecule has 82 valence electrons. The highest BCUT2D eigenvalue weighted by Crippen LogP contribution is 2.35.